The molecule has 0 saturated carbocycles. The first-order valence-corrected chi connectivity index (χ1v) is 10.0. The van der Waals surface area contributed by atoms with Crippen LogP contribution in [-0.4, -0.2) is 46.9 Å². The molecule has 1 amide bonds. The normalized spacial score (nSPS) is 10.3. The van der Waals surface area contributed by atoms with Crippen molar-refractivity contribution in [3.63, 3.8) is 0 Å². The number of hydrogen-bond donors (Lipinski definition) is 1. The fraction of sp³-hybridized carbons (Fsp3) is 0.316. The van der Waals surface area contributed by atoms with E-state index in [1.165, 1.54) is 6.07 Å². The number of nitrogens with one attached hydrogen (secondary N) is 1. The molecule has 10 heteroatoms. The molecule has 0 aliphatic carbocycles. The van der Waals surface area contributed by atoms with Crippen molar-refractivity contribution in [2.45, 2.75) is 25.5 Å². The largest absolute Gasteiger partial charge is 0.462 e. The average Bonchev–Trinajstić information content (AvgIpc) is 2.70. The van der Waals surface area contributed by atoms with E-state index in [-0.39, 0.29) is 35.2 Å². The summed E-state index contributed by atoms with van der Waals surface area (Å²) in [6.45, 7) is 3.20. The molecule has 154 valence electrons. The Kier molecular flexibility index (Phi) is 7.96. The summed E-state index contributed by atoms with van der Waals surface area (Å²) in [6.07, 6.45) is 2.83. The molecular weight excluding hydrogens is 398 g/mol. The topological polar surface area (TPSA) is 117 Å². The van der Waals surface area contributed by atoms with Gasteiger partial charge in [-0.25, -0.2) is 14.6 Å². The van der Waals surface area contributed by atoms with Gasteiger partial charge in [-0.2, -0.15) is 0 Å². The number of thioether (sulfide) groups is 1. The quantitative estimate of drug-likeness (QED) is 0.392. The molecule has 1 heterocycles. The second kappa shape index (κ2) is 10.4. The first kappa shape index (κ1) is 22.2. The molecule has 0 fully saturated rings. The molecule has 0 aliphatic heterocycles. The monoisotopic (exact) mass is 419 g/mol. The number of benzene rings is 1. The van der Waals surface area contributed by atoms with Crippen LogP contribution in [0, 0.1) is 0 Å². The van der Waals surface area contributed by atoms with Crippen LogP contribution >= 0.6 is 11.8 Å². The molecule has 0 atom stereocenters. The molecule has 2 aromatic rings. The van der Waals surface area contributed by atoms with Crippen LogP contribution in [-0.2, 0) is 20.8 Å². The first-order valence-electron chi connectivity index (χ1n) is 8.79. The number of para-hydroxylation sites is 1. The first-order chi connectivity index (χ1) is 13.9. The number of ether oxygens (including phenoxy) is 2. The van der Waals surface area contributed by atoms with Crippen molar-refractivity contribution in [3.8, 4) is 0 Å². The molecule has 0 saturated heterocycles. The van der Waals surface area contributed by atoms with Gasteiger partial charge in [-0.15, -0.1) is 0 Å². The van der Waals surface area contributed by atoms with Crippen LogP contribution in [0.5, 0.6) is 0 Å². The van der Waals surface area contributed by atoms with E-state index in [2.05, 4.69) is 10.3 Å². The van der Waals surface area contributed by atoms with E-state index >= 15 is 0 Å². The van der Waals surface area contributed by atoms with Crippen LogP contribution in [0.3, 0.4) is 0 Å². The number of esters is 2. The number of anilines is 1. The second-order valence-electron chi connectivity index (χ2n) is 5.58. The van der Waals surface area contributed by atoms with Gasteiger partial charge in [0.05, 0.1) is 30.7 Å². The highest BCUT2D eigenvalue weighted by atomic mass is 32.2. The third-order valence-corrected chi connectivity index (χ3v) is 4.38. The van der Waals surface area contributed by atoms with Crippen LogP contribution in [0.25, 0.3) is 0 Å². The molecule has 9 nitrogen and oxygen atoms in total. The molecule has 0 spiro atoms. The van der Waals surface area contributed by atoms with Crippen LogP contribution in [0.4, 0.5) is 5.69 Å². The number of rotatable bonds is 8. The van der Waals surface area contributed by atoms with Crippen molar-refractivity contribution in [2.24, 2.45) is 0 Å². The van der Waals surface area contributed by atoms with Gasteiger partial charge in [-0.1, -0.05) is 23.9 Å². The van der Waals surface area contributed by atoms with Crippen molar-refractivity contribution < 1.29 is 23.9 Å². The summed E-state index contributed by atoms with van der Waals surface area (Å²) in [5.74, 6) is -1.95. The van der Waals surface area contributed by atoms with Gasteiger partial charge >= 0.3 is 11.9 Å². The summed E-state index contributed by atoms with van der Waals surface area (Å²) in [5, 5.41) is 2.86. The Balaban J connectivity index is 2.30. The van der Waals surface area contributed by atoms with Gasteiger partial charge in [0.25, 0.3) is 5.56 Å². The Morgan fingerprint density at radius 1 is 1.07 bits per heavy atom. The summed E-state index contributed by atoms with van der Waals surface area (Å²) in [5.41, 5.74) is -0.497. The summed E-state index contributed by atoms with van der Waals surface area (Å²) < 4.78 is 10.9. The third-order valence-electron chi connectivity index (χ3n) is 3.69. The summed E-state index contributed by atoms with van der Waals surface area (Å²) in [4.78, 5) is 53.3. The minimum Gasteiger partial charge on any atom is -0.462 e. The number of aromatic nitrogens is 2. The van der Waals surface area contributed by atoms with Crippen LogP contribution in [0.15, 0.2) is 40.4 Å². The van der Waals surface area contributed by atoms with Gasteiger partial charge in [0.15, 0.2) is 5.16 Å². The lowest BCUT2D eigenvalue weighted by Gasteiger charge is -2.13. The zero-order chi connectivity index (χ0) is 21.4. The summed E-state index contributed by atoms with van der Waals surface area (Å²) >= 11 is 1.15. The lowest BCUT2D eigenvalue weighted by molar-refractivity contribution is -0.116. The number of hydrogen-bond acceptors (Lipinski definition) is 8. The maximum Gasteiger partial charge on any atom is 0.345 e. The fourth-order valence-corrected chi connectivity index (χ4v) is 2.97. The van der Waals surface area contributed by atoms with Crippen molar-refractivity contribution >= 4 is 35.3 Å². The van der Waals surface area contributed by atoms with Gasteiger partial charge < -0.3 is 14.8 Å². The molecule has 1 aromatic carbocycles. The van der Waals surface area contributed by atoms with Crippen molar-refractivity contribution in [1.29, 1.82) is 0 Å². The predicted molar refractivity (Wildman–Crippen MR) is 107 cm³/mol. The average molecular weight is 419 g/mol. The van der Waals surface area contributed by atoms with Gasteiger partial charge in [0, 0.05) is 0 Å². The number of carbonyl (C=O) groups excluding carboxylic acids is 3. The number of carbonyl (C=O) groups is 3. The fourth-order valence-electron chi connectivity index (χ4n) is 2.44. The van der Waals surface area contributed by atoms with E-state index in [4.69, 9.17) is 9.47 Å². The Hall–Kier alpha value is -3.14. The predicted octanol–water partition coefficient (Wildman–Crippen LogP) is 1.96. The molecule has 0 radical (unpaired) electrons. The SMILES string of the molecule is CCOC(=O)c1ccccc1NC(=O)Cn1c(SC)ncc(C(=O)OCC)c1=O. The second-order valence-corrected chi connectivity index (χ2v) is 6.36. The highest BCUT2D eigenvalue weighted by Gasteiger charge is 2.20. The minimum absolute atomic E-state index is 0.105. The lowest BCUT2D eigenvalue weighted by Crippen LogP contribution is -2.33. The Morgan fingerprint density at radius 3 is 2.31 bits per heavy atom. The van der Waals surface area contributed by atoms with E-state index in [1.807, 2.05) is 0 Å². The van der Waals surface area contributed by atoms with Gasteiger partial charge in [-0.3, -0.25) is 14.2 Å². The zero-order valence-corrected chi connectivity index (χ0v) is 17.1. The van der Waals surface area contributed by atoms with Gasteiger partial charge in [-0.05, 0) is 32.2 Å². The van der Waals surface area contributed by atoms with Crippen molar-refractivity contribution in [1.82, 2.24) is 9.55 Å². The standard InChI is InChI=1S/C19H21N3O6S/c1-4-27-17(25)12-8-6-7-9-14(12)21-15(23)11-22-16(24)13(18(26)28-5-2)10-20-19(22)29-3/h6-10H,4-5,11H2,1-3H3,(H,21,23). The molecule has 0 aliphatic rings. The van der Waals surface area contributed by atoms with E-state index < -0.39 is 29.9 Å². The molecular formula is C19H21N3O6S. The highest BCUT2D eigenvalue weighted by Crippen LogP contribution is 2.17. The molecule has 0 unspecified atom stereocenters. The molecule has 1 aromatic heterocycles. The van der Waals surface area contributed by atoms with Crippen LogP contribution in [0.2, 0.25) is 0 Å². The van der Waals surface area contributed by atoms with E-state index in [9.17, 15) is 19.2 Å². The maximum absolute atomic E-state index is 12.7. The van der Waals surface area contributed by atoms with Gasteiger partial charge in [0.2, 0.25) is 5.91 Å². The molecule has 2 rings (SSSR count). The van der Waals surface area contributed by atoms with Crippen molar-refractivity contribution in [3.05, 3.63) is 51.9 Å². The molecule has 1 N–H and O–H groups in total. The van der Waals surface area contributed by atoms with E-state index in [0.29, 0.717) is 0 Å². The minimum atomic E-state index is -0.806. The Labute approximate surface area is 171 Å². The molecule has 29 heavy (non-hydrogen) atoms. The van der Waals surface area contributed by atoms with Crippen LogP contribution in [0.1, 0.15) is 34.6 Å². The van der Waals surface area contributed by atoms with Crippen LogP contribution < -0.4 is 10.9 Å². The number of amides is 1. The lowest BCUT2D eigenvalue weighted by atomic mass is 10.2. The Morgan fingerprint density at radius 2 is 1.69 bits per heavy atom. The zero-order valence-electron chi connectivity index (χ0n) is 16.3. The summed E-state index contributed by atoms with van der Waals surface area (Å²) in [6, 6.07) is 6.37. The smallest absolute Gasteiger partial charge is 0.345 e. The molecule has 0 bridgehead atoms. The Bertz CT molecular complexity index is 973. The summed E-state index contributed by atoms with van der Waals surface area (Å²) in [7, 11) is 0. The van der Waals surface area contributed by atoms with E-state index in [0.717, 1.165) is 22.5 Å². The maximum atomic E-state index is 12.7. The van der Waals surface area contributed by atoms with Gasteiger partial charge in [0.1, 0.15) is 12.1 Å². The van der Waals surface area contributed by atoms with Crippen molar-refractivity contribution in [2.75, 3.05) is 24.8 Å². The number of nitrogens with zero attached hydrogens (tertiary/aromatic N) is 2. The third kappa shape index (κ3) is 5.44. The van der Waals surface area contributed by atoms with E-state index in [1.54, 1.807) is 38.3 Å². The highest BCUT2D eigenvalue weighted by molar-refractivity contribution is 7.98.